The van der Waals surface area contributed by atoms with Crippen molar-refractivity contribution in [2.75, 3.05) is 18.4 Å². The molecule has 6 nitrogen and oxygen atoms in total. The van der Waals surface area contributed by atoms with Gasteiger partial charge in [0.2, 0.25) is 0 Å². The molecular formula is C18H24N4O2. The van der Waals surface area contributed by atoms with Gasteiger partial charge in [0.1, 0.15) is 5.76 Å². The molecule has 2 aromatic heterocycles. The molecule has 0 spiro atoms. The molecule has 6 heteroatoms. The van der Waals surface area contributed by atoms with Crippen LogP contribution >= 0.6 is 0 Å². The molecule has 1 aliphatic rings. The highest BCUT2D eigenvalue weighted by atomic mass is 16.3. The highest BCUT2D eigenvalue weighted by molar-refractivity contribution is 5.90. The van der Waals surface area contributed by atoms with Crippen LogP contribution in [0.15, 0.2) is 34.5 Å². The molecule has 2 amide bonds. The zero-order chi connectivity index (χ0) is 17.3. The van der Waals surface area contributed by atoms with E-state index in [1.165, 1.54) is 5.57 Å². The molecule has 3 heterocycles. The summed E-state index contributed by atoms with van der Waals surface area (Å²) in [5, 5.41) is 7.37. The summed E-state index contributed by atoms with van der Waals surface area (Å²) in [6.45, 7) is 9.48. The Hall–Kier alpha value is -2.50. The van der Waals surface area contributed by atoms with Gasteiger partial charge >= 0.3 is 6.03 Å². The van der Waals surface area contributed by atoms with Crippen LogP contribution < -0.4 is 5.32 Å². The third-order valence-corrected chi connectivity index (χ3v) is 4.37. The number of hydrogen-bond donors (Lipinski definition) is 1. The van der Waals surface area contributed by atoms with E-state index < -0.39 is 0 Å². The normalized spacial score (nSPS) is 15.3. The van der Waals surface area contributed by atoms with E-state index in [9.17, 15) is 4.79 Å². The van der Waals surface area contributed by atoms with Crippen molar-refractivity contribution in [1.82, 2.24) is 14.7 Å². The smallest absolute Gasteiger partial charge is 0.323 e. The van der Waals surface area contributed by atoms with E-state index in [1.807, 2.05) is 29.8 Å². The highest BCUT2D eigenvalue weighted by Crippen LogP contribution is 2.27. The van der Waals surface area contributed by atoms with E-state index in [2.05, 4.69) is 31.2 Å². The molecule has 0 bridgehead atoms. The third-order valence-electron chi connectivity index (χ3n) is 4.37. The summed E-state index contributed by atoms with van der Waals surface area (Å²) >= 11 is 0. The van der Waals surface area contributed by atoms with Gasteiger partial charge in [-0.05, 0) is 46.2 Å². The van der Waals surface area contributed by atoms with Crippen LogP contribution in [0.4, 0.5) is 10.6 Å². The molecule has 0 atom stereocenters. The lowest BCUT2D eigenvalue weighted by molar-refractivity contribution is 0.216. The second kappa shape index (κ2) is 6.55. The summed E-state index contributed by atoms with van der Waals surface area (Å²) in [6, 6.07) is 5.85. The van der Waals surface area contributed by atoms with Crippen molar-refractivity contribution < 1.29 is 9.21 Å². The molecule has 0 saturated carbocycles. The predicted molar refractivity (Wildman–Crippen MR) is 93.9 cm³/mol. The molecule has 0 unspecified atom stereocenters. The van der Waals surface area contributed by atoms with Gasteiger partial charge in [-0.2, -0.15) is 5.10 Å². The van der Waals surface area contributed by atoms with Crippen LogP contribution in [-0.4, -0.2) is 33.8 Å². The minimum Gasteiger partial charge on any atom is -0.465 e. The Morgan fingerprint density at radius 1 is 1.38 bits per heavy atom. The molecule has 24 heavy (non-hydrogen) atoms. The molecule has 1 N–H and O–H groups in total. The van der Waals surface area contributed by atoms with Crippen LogP contribution in [0, 0.1) is 6.92 Å². The minimum absolute atomic E-state index is 0.125. The molecule has 2 aromatic rings. The Morgan fingerprint density at radius 2 is 2.17 bits per heavy atom. The lowest BCUT2D eigenvalue weighted by Gasteiger charge is -2.29. The Labute approximate surface area is 142 Å². The molecule has 128 valence electrons. The number of furan rings is 1. The topological polar surface area (TPSA) is 63.3 Å². The molecule has 0 aromatic carbocycles. The number of hydrogen-bond acceptors (Lipinski definition) is 3. The van der Waals surface area contributed by atoms with E-state index in [-0.39, 0.29) is 12.1 Å². The quantitative estimate of drug-likeness (QED) is 0.923. The Kier molecular flexibility index (Phi) is 4.46. The fourth-order valence-electron chi connectivity index (χ4n) is 3.03. The summed E-state index contributed by atoms with van der Waals surface area (Å²) in [7, 11) is 0. The summed E-state index contributed by atoms with van der Waals surface area (Å²) in [5.41, 5.74) is 3.39. The number of aryl methyl sites for hydroxylation is 1. The lowest BCUT2D eigenvalue weighted by Crippen LogP contribution is -2.39. The summed E-state index contributed by atoms with van der Waals surface area (Å²) in [5.74, 6) is 1.43. The number of rotatable bonds is 3. The minimum atomic E-state index is -0.125. The van der Waals surface area contributed by atoms with E-state index in [1.54, 1.807) is 11.2 Å². The van der Waals surface area contributed by atoms with Gasteiger partial charge < -0.3 is 9.32 Å². The Morgan fingerprint density at radius 3 is 2.79 bits per heavy atom. The van der Waals surface area contributed by atoms with Crippen molar-refractivity contribution in [3.05, 3.63) is 41.5 Å². The van der Waals surface area contributed by atoms with Crippen LogP contribution in [0.5, 0.6) is 0 Å². The van der Waals surface area contributed by atoms with Crippen LogP contribution in [0.25, 0.3) is 5.57 Å². The molecule has 0 saturated heterocycles. The number of carbonyl (C=O) groups is 1. The zero-order valence-corrected chi connectivity index (χ0v) is 14.7. The van der Waals surface area contributed by atoms with E-state index in [4.69, 9.17) is 4.42 Å². The van der Waals surface area contributed by atoms with Crippen molar-refractivity contribution in [3.63, 3.8) is 0 Å². The van der Waals surface area contributed by atoms with Crippen LogP contribution in [-0.2, 0) is 0 Å². The van der Waals surface area contributed by atoms with Gasteiger partial charge in [0.25, 0.3) is 0 Å². The van der Waals surface area contributed by atoms with Crippen molar-refractivity contribution in [1.29, 1.82) is 0 Å². The van der Waals surface area contributed by atoms with Crippen molar-refractivity contribution in [2.24, 2.45) is 0 Å². The average Bonchev–Trinajstić information content (AvgIpc) is 3.17. The fourth-order valence-corrected chi connectivity index (χ4v) is 3.03. The van der Waals surface area contributed by atoms with Crippen molar-refractivity contribution >= 4 is 17.4 Å². The van der Waals surface area contributed by atoms with Crippen LogP contribution in [0.2, 0.25) is 0 Å². The van der Waals surface area contributed by atoms with Gasteiger partial charge in [-0.1, -0.05) is 5.57 Å². The monoisotopic (exact) mass is 328 g/mol. The van der Waals surface area contributed by atoms with Crippen molar-refractivity contribution in [3.8, 4) is 0 Å². The molecule has 0 fully saturated rings. The number of nitrogens with one attached hydrogen (secondary N) is 1. The Balaban J connectivity index is 1.71. The molecule has 0 aliphatic carbocycles. The standard InChI is InChI=1S/C18H24N4O2/c1-12(2)22-14(4)10-17(20-22)19-18(23)21-8-7-13(3)15(11-21)16-6-5-9-24-16/h5-6,9-10,12H,7-8,11H2,1-4H3,(H,19,20,23). The van der Waals surface area contributed by atoms with Gasteiger partial charge in [0, 0.05) is 29.9 Å². The summed E-state index contributed by atoms with van der Waals surface area (Å²) < 4.78 is 7.41. The van der Waals surface area contributed by atoms with Gasteiger partial charge in [0.15, 0.2) is 5.82 Å². The SMILES string of the molecule is CC1=C(c2ccco2)CN(C(=O)Nc2cc(C)n(C(C)C)n2)CC1. The maximum absolute atomic E-state index is 12.6. The predicted octanol–water partition coefficient (Wildman–Crippen LogP) is 4.08. The van der Waals surface area contributed by atoms with Gasteiger partial charge in [0.05, 0.1) is 12.8 Å². The Bertz CT molecular complexity index is 756. The number of amides is 2. The first-order valence-electron chi connectivity index (χ1n) is 8.30. The number of nitrogens with zero attached hydrogens (tertiary/aromatic N) is 3. The van der Waals surface area contributed by atoms with Crippen LogP contribution in [0.1, 0.15) is 44.7 Å². The van der Waals surface area contributed by atoms with E-state index in [0.717, 1.165) is 23.4 Å². The number of anilines is 1. The average molecular weight is 328 g/mol. The van der Waals surface area contributed by atoms with Gasteiger partial charge in [-0.3, -0.25) is 10.00 Å². The van der Waals surface area contributed by atoms with Crippen LogP contribution in [0.3, 0.4) is 0 Å². The first kappa shape index (κ1) is 16.4. The van der Waals surface area contributed by atoms with Gasteiger partial charge in [-0.15, -0.1) is 0 Å². The molecular weight excluding hydrogens is 304 g/mol. The largest absolute Gasteiger partial charge is 0.465 e. The maximum Gasteiger partial charge on any atom is 0.323 e. The third kappa shape index (κ3) is 3.22. The summed E-state index contributed by atoms with van der Waals surface area (Å²) in [6.07, 6.45) is 2.51. The van der Waals surface area contributed by atoms with Gasteiger partial charge in [-0.25, -0.2) is 4.79 Å². The molecule has 1 aliphatic heterocycles. The first-order chi connectivity index (χ1) is 11.5. The van der Waals surface area contributed by atoms with E-state index >= 15 is 0 Å². The number of carbonyl (C=O) groups excluding carboxylic acids is 1. The maximum atomic E-state index is 12.6. The van der Waals surface area contributed by atoms with E-state index in [0.29, 0.717) is 18.9 Å². The zero-order valence-electron chi connectivity index (χ0n) is 14.7. The second-order valence-corrected chi connectivity index (χ2v) is 6.55. The molecule has 3 rings (SSSR count). The number of aromatic nitrogens is 2. The number of urea groups is 1. The second-order valence-electron chi connectivity index (χ2n) is 6.55. The highest BCUT2D eigenvalue weighted by Gasteiger charge is 2.24. The first-order valence-corrected chi connectivity index (χ1v) is 8.30. The fraction of sp³-hybridized carbons (Fsp3) is 0.444. The molecule has 0 radical (unpaired) electrons. The van der Waals surface area contributed by atoms with Crippen molar-refractivity contribution in [2.45, 2.75) is 40.2 Å². The summed E-state index contributed by atoms with van der Waals surface area (Å²) in [4.78, 5) is 14.4. The lowest BCUT2D eigenvalue weighted by atomic mass is 10.00.